The maximum absolute atomic E-state index is 14.2. The minimum atomic E-state index is -1.38. The summed E-state index contributed by atoms with van der Waals surface area (Å²) in [7, 11) is 0. The molecule has 0 aromatic carbocycles. The molecule has 190 valence electrons. The highest BCUT2D eigenvalue weighted by molar-refractivity contribution is 7.15. The number of piperidine rings is 1. The van der Waals surface area contributed by atoms with Gasteiger partial charge in [-0.05, 0) is 42.2 Å². The summed E-state index contributed by atoms with van der Waals surface area (Å²) in [6.07, 6.45) is 6.09. The lowest BCUT2D eigenvalue weighted by Gasteiger charge is -2.43. The fourth-order valence-electron chi connectivity index (χ4n) is 4.29. The van der Waals surface area contributed by atoms with Crippen LogP contribution in [-0.2, 0) is 11.3 Å². The summed E-state index contributed by atoms with van der Waals surface area (Å²) in [5.41, 5.74) is 1.09. The van der Waals surface area contributed by atoms with Crippen LogP contribution in [0.5, 0.6) is 5.88 Å². The third-order valence-corrected chi connectivity index (χ3v) is 7.23. The zero-order valence-corrected chi connectivity index (χ0v) is 22.1. The highest BCUT2D eigenvalue weighted by atomic mass is 32.1. The van der Waals surface area contributed by atoms with Crippen LogP contribution in [0.1, 0.15) is 65.7 Å². The van der Waals surface area contributed by atoms with E-state index in [0.717, 1.165) is 36.1 Å². The average Bonchev–Trinajstić information content (AvgIpc) is 3.22. The topological polar surface area (TPSA) is 75.5 Å². The number of likely N-dealkylation sites (tertiary alicyclic amines) is 1. The fourth-order valence-corrected chi connectivity index (χ4v) is 5.26. The van der Waals surface area contributed by atoms with Gasteiger partial charge in [-0.3, -0.25) is 9.69 Å². The lowest BCUT2D eigenvalue weighted by atomic mass is 9.72. The van der Waals surface area contributed by atoms with Gasteiger partial charge in [0.1, 0.15) is 5.01 Å². The number of aromatic nitrogens is 2. The van der Waals surface area contributed by atoms with Crippen LogP contribution in [0.2, 0.25) is 0 Å². The number of pyridine rings is 1. The van der Waals surface area contributed by atoms with Gasteiger partial charge in [-0.15, -0.1) is 11.3 Å². The Labute approximate surface area is 207 Å². The molecule has 0 spiro atoms. The minimum Gasteiger partial charge on any atom is -0.483 e. The standard InChI is InChI=1S/C25H38FN3OS.CH2O2/c1-7-9-18-12-19(25(4,5)6)15-29(14-18)16-20-13-28-24(31-20)21-10-8-11-27-23(21)30-22(26)17(2)3;2-1-3/h8,10-11,13,17-19,22H,7,9,12,14-16H2,1-6H3;1H,(H,2,3). The van der Waals surface area contributed by atoms with E-state index < -0.39 is 6.36 Å². The Kier molecular flexibility index (Phi) is 10.9. The fraction of sp³-hybridized carbons (Fsp3) is 0.654. The molecule has 8 heteroatoms. The van der Waals surface area contributed by atoms with Crippen LogP contribution < -0.4 is 4.74 Å². The van der Waals surface area contributed by atoms with Crippen molar-refractivity contribution in [2.45, 2.75) is 73.7 Å². The highest BCUT2D eigenvalue weighted by Crippen LogP contribution is 2.38. The molecule has 3 unspecified atom stereocenters. The van der Waals surface area contributed by atoms with Crippen molar-refractivity contribution in [2.75, 3.05) is 13.1 Å². The molecule has 1 aliphatic heterocycles. The third-order valence-electron chi connectivity index (χ3n) is 6.22. The molecule has 2 aromatic heterocycles. The molecule has 0 aliphatic carbocycles. The molecule has 0 radical (unpaired) electrons. The number of halogens is 1. The van der Waals surface area contributed by atoms with E-state index in [1.807, 2.05) is 18.3 Å². The molecule has 0 saturated carbocycles. The first-order valence-electron chi connectivity index (χ1n) is 12.1. The molecular formula is C26H40FN3O3S. The maximum atomic E-state index is 14.2. The van der Waals surface area contributed by atoms with Gasteiger partial charge in [0.05, 0.1) is 5.56 Å². The van der Waals surface area contributed by atoms with Gasteiger partial charge in [0.15, 0.2) is 0 Å². The largest absolute Gasteiger partial charge is 0.483 e. The Morgan fingerprint density at radius 1 is 1.32 bits per heavy atom. The minimum absolute atomic E-state index is 0.229. The number of thiazole rings is 1. The van der Waals surface area contributed by atoms with E-state index in [9.17, 15) is 4.39 Å². The van der Waals surface area contributed by atoms with Gasteiger partial charge in [0, 0.05) is 42.8 Å². The predicted molar refractivity (Wildman–Crippen MR) is 136 cm³/mol. The first kappa shape index (κ1) is 28.2. The van der Waals surface area contributed by atoms with Crippen molar-refractivity contribution in [2.24, 2.45) is 23.2 Å². The molecule has 3 heterocycles. The van der Waals surface area contributed by atoms with Crippen molar-refractivity contribution in [1.29, 1.82) is 0 Å². The summed E-state index contributed by atoms with van der Waals surface area (Å²) in [4.78, 5) is 21.1. The molecule has 3 rings (SSSR count). The molecule has 3 atom stereocenters. The summed E-state index contributed by atoms with van der Waals surface area (Å²) in [5, 5.41) is 7.73. The molecule has 2 aromatic rings. The summed E-state index contributed by atoms with van der Waals surface area (Å²) in [6, 6.07) is 3.76. The Morgan fingerprint density at radius 3 is 2.65 bits per heavy atom. The van der Waals surface area contributed by atoms with Crippen LogP contribution in [0.3, 0.4) is 0 Å². The number of carboxylic acid groups (broad SMARTS) is 1. The number of hydrogen-bond donors (Lipinski definition) is 1. The second-order valence-electron chi connectivity index (χ2n) is 10.5. The van der Waals surface area contributed by atoms with Crippen molar-refractivity contribution in [3.05, 3.63) is 29.4 Å². The maximum Gasteiger partial charge on any atom is 0.290 e. The van der Waals surface area contributed by atoms with Crippen LogP contribution in [0.15, 0.2) is 24.5 Å². The lowest BCUT2D eigenvalue weighted by molar-refractivity contribution is -0.122. The Hall–Kier alpha value is -2.06. The highest BCUT2D eigenvalue weighted by Gasteiger charge is 2.34. The van der Waals surface area contributed by atoms with Crippen LogP contribution in [0.4, 0.5) is 4.39 Å². The van der Waals surface area contributed by atoms with Gasteiger partial charge in [0.2, 0.25) is 12.2 Å². The SMILES string of the molecule is CCCC1CC(C(C)(C)C)CN(Cc2cnc(-c3cccnc3OC(F)C(C)C)s2)C1.O=CO. The van der Waals surface area contributed by atoms with Gasteiger partial charge in [-0.25, -0.2) is 14.4 Å². The summed E-state index contributed by atoms with van der Waals surface area (Å²) in [5.74, 6) is 1.57. The molecular weight excluding hydrogens is 453 g/mol. The zero-order chi connectivity index (χ0) is 25.3. The van der Waals surface area contributed by atoms with Crippen molar-refractivity contribution in [3.63, 3.8) is 0 Å². The van der Waals surface area contributed by atoms with E-state index in [-0.39, 0.29) is 12.4 Å². The first-order valence-corrected chi connectivity index (χ1v) is 12.9. The van der Waals surface area contributed by atoms with Gasteiger partial charge < -0.3 is 9.84 Å². The van der Waals surface area contributed by atoms with E-state index in [1.165, 1.54) is 24.1 Å². The van der Waals surface area contributed by atoms with Gasteiger partial charge in [0.25, 0.3) is 6.47 Å². The Balaban J connectivity index is 0.00000129. The predicted octanol–water partition coefficient (Wildman–Crippen LogP) is 6.52. The molecule has 1 aliphatic rings. The number of nitrogens with zero attached hydrogens (tertiary/aromatic N) is 3. The summed E-state index contributed by atoms with van der Waals surface area (Å²) in [6.45, 7) is 15.9. The third kappa shape index (κ3) is 8.31. The van der Waals surface area contributed by atoms with Crippen LogP contribution in [0, 0.1) is 23.2 Å². The first-order chi connectivity index (χ1) is 16.1. The van der Waals surface area contributed by atoms with Crippen LogP contribution in [-0.4, -0.2) is 45.9 Å². The summed E-state index contributed by atoms with van der Waals surface area (Å²) < 4.78 is 19.7. The van der Waals surface area contributed by atoms with Crippen molar-refractivity contribution in [1.82, 2.24) is 14.9 Å². The Bertz CT molecular complexity index is 884. The van der Waals surface area contributed by atoms with Gasteiger partial charge in [-0.1, -0.05) is 48.0 Å². The number of carbonyl (C=O) groups is 1. The number of rotatable bonds is 8. The quantitative estimate of drug-likeness (QED) is 0.422. The second kappa shape index (κ2) is 13.1. The van der Waals surface area contributed by atoms with E-state index in [2.05, 4.69) is 42.6 Å². The molecule has 1 saturated heterocycles. The number of alkyl halides is 1. The summed E-state index contributed by atoms with van der Waals surface area (Å²) >= 11 is 1.66. The van der Waals surface area contributed by atoms with E-state index >= 15 is 0 Å². The monoisotopic (exact) mass is 493 g/mol. The molecule has 1 N–H and O–H groups in total. The number of hydrogen-bond acceptors (Lipinski definition) is 6. The smallest absolute Gasteiger partial charge is 0.290 e. The van der Waals surface area contributed by atoms with Crippen molar-refractivity contribution < 1.29 is 19.0 Å². The van der Waals surface area contributed by atoms with Crippen LogP contribution >= 0.6 is 11.3 Å². The molecule has 0 bridgehead atoms. The van der Waals surface area contributed by atoms with Gasteiger partial charge in [-0.2, -0.15) is 0 Å². The van der Waals surface area contributed by atoms with E-state index in [0.29, 0.717) is 17.2 Å². The van der Waals surface area contributed by atoms with Crippen LogP contribution in [0.25, 0.3) is 10.6 Å². The normalized spacial score (nSPS) is 19.9. The molecule has 0 amide bonds. The number of ether oxygens (including phenoxy) is 1. The zero-order valence-electron chi connectivity index (χ0n) is 21.3. The lowest BCUT2D eigenvalue weighted by Crippen LogP contribution is -2.44. The van der Waals surface area contributed by atoms with Crippen molar-refractivity contribution in [3.8, 4) is 16.5 Å². The van der Waals surface area contributed by atoms with Gasteiger partial charge >= 0.3 is 0 Å². The van der Waals surface area contributed by atoms with Crippen molar-refractivity contribution >= 4 is 17.8 Å². The second-order valence-corrected chi connectivity index (χ2v) is 11.6. The molecule has 1 fully saturated rings. The van der Waals surface area contributed by atoms with E-state index in [1.54, 1.807) is 31.4 Å². The average molecular weight is 494 g/mol. The molecule has 34 heavy (non-hydrogen) atoms. The molecule has 6 nitrogen and oxygen atoms in total. The van der Waals surface area contributed by atoms with E-state index in [4.69, 9.17) is 14.6 Å². The Morgan fingerprint density at radius 2 is 2.03 bits per heavy atom.